The predicted molar refractivity (Wildman–Crippen MR) is 76.7 cm³/mol. The van der Waals surface area contributed by atoms with Crippen LogP contribution >= 0.6 is 0 Å². The number of nitrogens with two attached hydrogens (primary N) is 1. The highest BCUT2D eigenvalue weighted by Crippen LogP contribution is 2.26. The van der Waals surface area contributed by atoms with Gasteiger partial charge >= 0.3 is 0 Å². The van der Waals surface area contributed by atoms with E-state index in [-0.39, 0.29) is 17.1 Å². The maximum atomic E-state index is 12.5. The average molecular weight is 284 g/mol. The van der Waals surface area contributed by atoms with Crippen LogP contribution in [0.15, 0.2) is 35.7 Å². The van der Waals surface area contributed by atoms with E-state index in [9.17, 15) is 8.42 Å². The van der Waals surface area contributed by atoms with Crippen LogP contribution in [0.2, 0.25) is 0 Å². The van der Waals surface area contributed by atoms with Crippen LogP contribution in [0.3, 0.4) is 0 Å². The van der Waals surface area contributed by atoms with Gasteiger partial charge < -0.3 is 10.5 Å². The number of nitrogen functional groups attached to an aromatic ring is 1. The first-order valence-corrected chi connectivity index (χ1v) is 7.46. The summed E-state index contributed by atoms with van der Waals surface area (Å²) in [5.74, 6) is 0.530. The Morgan fingerprint density at radius 2 is 2.16 bits per heavy atom. The summed E-state index contributed by atoms with van der Waals surface area (Å²) in [4.78, 5) is 0.101. The van der Waals surface area contributed by atoms with Gasteiger partial charge in [-0.15, -0.1) is 6.58 Å². The summed E-state index contributed by atoms with van der Waals surface area (Å²) in [7, 11) is -2.10. The van der Waals surface area contributed by atoms with Crippen LogP contribution in [0.4, 0.5) is 5.69 Å². The van der Waals surface area contributed by atoms with Crippen molar-refractivity contribution in [3.8, 4) is 5.75 Å². The topological polar surface area (TPSA) is 72.6 Å². The third-order valence-corrected chi connectivity index (χ3v) is 4.58. The van der Waals surface area contributed by atoms with Gasteiger partial charge in [-0.25, -0.2) is 8.42 Å². The molecule has 0 heterocycles. The molecule has 1 rings (SSSR count). The Bertz CT molecular complexity index is 541. The van der Waals surface area contributed by atoms with Crippen molar-refractivity contribution >= 4 is 15.7 Å². The van der Waals surface area contributed by atoms with Crippen LogP contribution in [0.25, 0.3) is 0 Å². The fraction of sp³-hybridized carbons (Fsp3) is 0.385. The summed E-state index contributed by atoms with van der Waals surface area (Å²) in [5.41, 5.74) is 5.99. The lowest BCUT2D eigenvalue weighted by Gasteiger charge is -2.21. The zero-order valence-electron chi connectivity index (χ0n) is 11.3. The molecular weight excluding hydrogens is 264 g/mol. The van der Waals surface area contributed by atoms with Gasteiger partial charge in [-0.2, -0.15) is 4.31 Å². The Kier molecular flexibility index (Phi) is 5.38. The van der Waals surface area contributed by atoms with Crippen LogP contribution in [0.1, 0.15) is 13.3 Å². The first-order chi connectivity index (χ1) is 8.97. The second kappa shape index (κ2) is 6.58. The molecule has 5 nitrogen and oxygen atoms in total. The van der Waals surface area contributed by atoms with Crippen LogP contribution in [0.5, 0.6) is 5.75 Å². The average Bonchev–Trinajstić information content (AvgIpc) is 2.38. The number of nitrogens with zero attached hydrogens (tertiary/aromatic N) is 1. The molecule has 0 amide bonds. The van der Waals surface area contributed by atoms with Crippen molar-refractivity contribution in [3.63, 3.8) is 0 Å². The van der Waals surface area contributed by atoms with E-state index in [1.165, 1.54) is 23.5 Å². The maximum absolute atomic E-state index is 12.5. The summed E-state index contributed by atoms with van der Waals surface area (Å²) in [6.07, 6.45) is 2.29. The summed E-state index contributed by atoms with van der Waals surface area (Å²) < 4.78 is 31.4. The minimum absolute atomic E-state index is 0.101. The molecule has 0 atom stereocenters. The highest BCUT2D eigenvalue weighted by atomic mass is 32.2. The second-order valence-electron chi connectivity index (χ2n) is 4.06. The maximum Gasteiger partial charge on any atom is 0.245 e. The highest BCUT2D eigenvalue weighted by molar-refractivity contribution is 7.89. The van der Waals surface area contributed by atoms with Crippen molar-refractivity contribution in [2.24, 2.45) is 0 Å². The molecule has 19 heavy (non-hydrogen) atoms. The molecular formula is C13H20N2O3S. The van der Waals surface area contributed by atoms with E-state index in [0.717, 1.165) is 6.42 Å². The SMILES string of the molecule is C=CCN(CCC)S(=O)(=O)c1ccc(OC)cc1N. The fourth-order valence-corrected chi connectivity index (χ4v) is 3.33. The Balaban J connectivity index is 3.20. The van der Waals surface area contributed by atoms with Crippen molar-refractivity contribution in [3.05, 3.63) is 30.9 Å². The van der Waals surface area contributed by atoms with Gasteiger partial charge in [0.15, 0.2) is 0 Å². The molecule has 2 N–H and O–H groups in total. The molecule has 0 saturated carbocycles. The molecule has 6 heteroatoms. The lowest BCUT2D eigenvalue weighted by atomic mass is 10.3. The van der Waals surface area contributed by atoms with Crippen LogP contribution in [-0.4, -0.2) is 32.9 Å². The molecule has 1 aromatic rings. The molecule has 0 aliphatic heterocycles. The number of ether oxygens (including phenoxy) is 1. The summed E-state index contributed by atoms with van der Waals surface area (Å²) in [6, 6.07) is 4.56. The van der Waals surface area contributed by atoms with Crippen LogP contribution in [0, 0.1) is 0 Å². The second-order valence-corrected chi connectivity index (χ2v) is 5.96. The molecule has 0 aromatic heterocycles. The summed E-state index contributed by atoms with van der Waals surface area (Å²) in [6.45, 7) is 6.20. The standard InChI is InChI=1S/C13H20N2O3S/c1-4-8-15(9-5-2)19(16,17)13-7-6-11(18-3)10-12(13)14/h4,6-7,10H,1,5,8-9,14H2,2-3H3. The van der Waals surface area contributed by atoms with E-state index in [2.05, 4.69) is 6.58 Å². The Labute approximate surface area is 114 Å². The van der Waals surface area contributed by atoms with E-state index in [1.54, 1.807) is 12.1 Å². The number of rotatable bonds is 7. The molecule has 0 aliphatic rings. The van der Waals surface area contributed by atoms with Gasteiger partial charge in [0.25, 0.3) is 0 Å². The number of benzene rings is 1. The van der Waals surface area contributed by atoms with E-state index < -0.39 is 10.0 Å². The molecule has 1 aromatic carbocycles. The molecule has 0 fully saturated rings. The monoisotopic (exact) mass is 284 g/mol. The molecule has 0 unspecified atom stereocenters. The van der Waals surface area contributed by atoms with Crippen molar-refractivity contribution in [2.45, 2.75) is 18.2 Å². The zero-order chi connectivity index (χ0) is 14.5. The van der Waals surface area contributed by atoms with Gasteiger partial charge in [0.2, 0.25) is 10.0 Å². The van der Waals surface area contributed by atoms with Gasteiger partial charge in [-0.3, -0.25) is 0 Å². The molecule has 0 aliphatic carbocycles. The lowest BCUT2D eigenvalue weighted by molar-refractivity contribution is 0.414. The van der Waals surface area contributed by atoms with Crippen molar-refractivity contribution in [1.29, 1.82) is 0 Å². The minimum Gasteiger partial charge on any atom is -0.497 e. The number of hydrogen-bond acceptors (Lipinski definition) is 4. The number of methoxy groups -OCH3 is 1. The van der Waals surface area contributed by atoms with Crippen LogP contribution < -0.4 is 10.5 Å². The summed E-state index contributed by atoms with van der Waals surface area (Å²) in [5, 5.41) is 0. The van der Waals surface area contributed by atoms with Crippen molar-refractivity contribution in [2.75, 3.05) is 25.9 Å². The molecule has 0 spiro atoms. The molecule has 0 radical (unpaired) electrons. The van der Waals surface area contributed by atoms with Crippen molar-refractivity contribution in [1.82, 2.24) is 4.31 Å². The Hall–Kier alpha value is -1.53. The normalized spacial score (nSPS) is 11.5. The van der Waals surface area contributed by atoms with E-state index in [0.29, 0.717) is 12.3 Å². The number of anilines is 1. The highest BCUT2D eigenvalue weighted by Gasteiger charge is 2.25. The predicted octanol–water partition coefficient (Wildman–Crippen LogP) is 1.86. The quantitative estimate of drug-likeness (QED) is 0.613. The Morgan fingerprint density at radius 3 is 2.63 bits per heavy atom. The van der Waals surface area contributed by atoms with E-state index in [4.69, 9.17) is 10.5 Å². The fourth-order valence-electron chi connectivity index (χ4n) is 1.73. The third-order valence-electron chi connectivity index (χ3n) is 2.64. The van der Waals surface area contributed by atoms with Gasteiger partial charge in [0.05, 0.1) is 12.8 Å². The van der Waals surface area contributed by atoms with E-state index >= 15 is 0 Å². The lowest BCUT2D eigenvalue weighted by Crippen LogP contribution is -2.32. The first kappa shape index (κ1) is 15.5. The zero-order valence-corrected chi connectivity index (χ0v) is 12.1. The molecule has 106 valence electrons. The van der Waals surface area contributed by atoms with Gasteiger partial charge in [0, 0.05) is 19.2 Å². The Morgan fingerprint density at radius 1 is 1.47 bits per heavy atom. The van der Waals surface area contributed by atoms with Gasteiger partial charge in [-0.05, 0) is 18.6 Å². The van der Waals surface area contributed by atoms with Crippen LogP contribution in [-0.2, 0) is 10.0 Å². The smallest absolute Gasteiger partial charge is 0.245 e. The largest absolute Gasteiger partial charge is 0.497 e. The number of hydrogen-bond donors (Lipinski definition) is 1. The van der Waals surface area contributed by atoms with Crippen molar-refractivity contribution < 1.29 is 13.2 Å². The number of sulfonamides is 1. The summed E-state index contributed by atoms with van der Waals surface area (Å²) >= 11 is 0. The molecule has 0 bridgehead atoms. The molecule has 0 saturated heterocycles. The van der Waals surface area contributed by atoms with Gasteiger partial charge in [0.1, 0.15) is 10.6 Å². The van der Waals surface area contributed by atoms with E-state index in [1.807, 2.05) is 6.92 Å². The minimum atomic E-state index is -3.60. The first-order valence-electron chi connectivity index (χ1n) is 6.02. The third kappa shape index (κ3) is 3.48. The van der Waals surface area contributed by atoms with Gasteiger partial charge in [-0.1, -0.05) is 13.0 Å².